The highest BCUT2D eigenvalue weighted by Gasteiger charge is 2.44. The van der Waals surface area contributed by atoms with E-state index < -0.39 is 69.1 Å². The predicted octanol–water partition coefficient (Wildman–Crippen LogP) is 9.12. The fourth-order valence-corrected chi connectivity index (χ4v) is 4.74. The second kappa shape index (κ2) is 11.6. The molecule has 4 rings (SSSR count). The molecule has 0 fully saturated rings. The molecule has 0 aliphatic heterocycles. The number of hydrogen-bond donors (Lipinski definition) is 2. The number of nitrogens with one attached hydrogen (secondary N) is 2. The van der Waals surface area contributed by atoms with Crippen molar-refractivity contribution in [1.29, 1.82) is 0 Å². The molecule has 0 unspecified atom stereocenters. The van der Waals surface area contributed by atoms with Gasteiger partial charge in [-0.25, -0.2) is 0 Å². The number of alkyl halides is 6. The molecular weight excluding hydrogens is 614 g/mol. The van der Waals surface area contributed by atoms with Gasteiger partial charge in [-0.3, -0.25) is 19.2 Å². The number of Topliss-reactive ketones (excluding diaryl/α,β-unsaturated/α-hetero) is 2. The van der Waals surface area contributed by atoms with Crippen LogP contribution in [0, 0.1) is 10.8 Å². The molecule has 0 atom stereocenters. The van der Waals surface area contributed by atoms with Gasteiger partial charge >= 0.3 is 12.4 Å². The molecule has 4 aromatic carbocycles. The van der Waals surface area contributed by atoms with Gasteiger partial charge in [0.2, 0.25) is 11.8 Å². The lowest BCUT2D eigenvalue weighted by atomic mass is 9.85. The number of ketones is 2. The van der Waals surface area contributed by atoms with E-state index in [0.29, 0.717) is 0 Å². The number of halogens is 6. The van der Waals surface area contributed by atoms with Crippen LogP contribution in [0.3, 0.4) is 0 Å². The lowest BCUT2D eigenvalue weighted by Gasteiger charge is -2.27. The quantitative estimate of drug-likeness (QED) is 0.167. The Kier molecular flexibility index (Phi) is 8.58. The number of amides is 2. The van der Waals surface area contributed by atoms with Crippen LogP contribution in [-0.2, 0) is 9.59 Å². The molecule has 0 radical (unpaired) electrons. The van der Waals surface area contributed by atoms with Crippen LogP contribution in [0.5, 0.6) is 0 Å². The summed E-state index contributed by atoms with van der Waals surface area (Å²) in [6.45, 7) is 8.84. The molecule has 0 bridgehead atoms. The average molecular weight is 645 g/mol. The van der Waals surface area contributed by atoms with Crippen LogP contribution in [0.25, 0.3) is 32.7 Å². The summed E-state index contributed by atoms with van der Waals surface area (Å²) in [6.07, 6.45) is -10.8. The monoisotopic (exact) mass is 644 g/mol. The van der Waals surface area contributed by atoms with Gasteiger partial charge in [0.05, 0.1) is 22.5 Å². The van der Waals surface area contributed by atoms with Crippen molar-refractivity contribution in [2.24, 2.45) is 10.8 Å². The third-order valence-corrected chi connectivity index (χ3v) is 7.19. The molecule has 0 aromatic heterocycles. The van der Waals surface area contributed by atoms with Crippen molar-refractivity contribution in [3.63, 3.8) is 0 Å². The van der Waals surface area contributed by atoms with E-state index in [9.17, 15) is 45.5 Å². The third-order valence-electron chi connectivity index (χ3n) is 7.19. The fourth-order valence-electron chi connectivity index (χ4n) is 4.74. The van der Waals surface area contributed by atoms with Gasteiger partial charge in [0.15, 0.2) is 0 Å². The molecule has 0 aliphatic rings. The lowest BCUT2D eigenvalue weighted by molar-refractivity contribution is -0.123. The first-order valence-electron chi connectivity index (χ1n) is 14.0. The molecule has 0 saturated carbocycles. The zero-order valence-corrected chi connectivity index (χ0v) is 25.7. The SMILES string of the molecule is CC(C)(C)C(=O)Nc1c(C(=O)C(F)(F)F)cc2ccccc2c1-c1c(NC(=O)C(C)(C)C)c(C(=O)C(F)(F)F)cc2ccccc12. The van der Waals surface area contributed by atoms with Gasteiger partial charge in [0, 0.05) is 22.0 Å². The highest BCUT2D eigenvalue weighted by molar-refractivity contribution is 6.25. The summed E-state index contributed by atoms with van der Waals surface area (Å²) in [5, 5.41) is 5.27. The summed E-state index contributed by atoms with van der Waals surface area (Å²) in [6, 6.07) is 13.5. The Labute approximate surface area is 260 Å². The zero-order valence-electron chi connectivity index (χ0n) is 25.7. The number of benzene rings is 4. The second-order valence-electron chi connectivity index (χ2n) is 12.9. The number of carbonyl (C=O) groups excluding carboxylic acids is 4. The molecule has 2 N–H and O–H groups in total. The topological polar surface area (TPSA) is 92.3 Å². The van der Waals surface area contributed by atoms with Crippen LogP contribution in [0.2, 0.25) is 0 Å². The van der Waals surface area contributed by atoms with Crippen LogP contribution in [0.4, 0.5) is 37.7 Å². The van der Waals surface area contributed by atoms with E-state index in [2.05, 4.69) is 10.6 Å². The van der Waals surface area contributed by atoms with E-state index in [4.69, 9.17) is 0 Å². The Morgan fingerprint density at radius 1 is 0.522 bits per heavy atom. The fraction of sp³-hybridized carbons (Fsp3) is 0.294. The van der Waals surface area contributed by atoms with E-state index >= 15 is 0 Å². The summed E-state index contributed by atoms with van der Waals surface area (Å²) >= 11 is 0. The molecule has 0 spiro atoms. The van der Waals surface area contributed by atoms with Gasteiger partial charge < -0.3 is 10.6 Å². The van der Waals surface area contributed by atoms with E-state index in [1.54, 1.807) is 0 Å². The average Bonchev–Trinajstić information content (AvgIpc) is 2.94. The molecule has 46 heavy (non-hydrogen) atoms. The lowest BCUT2D eigenvalue weighted by Crippen LogP contribution is -2.31. The van der Waals surface area contributed by atoms with Crippen molar-refractivity contribution in [3.8, 4) is 11.1 Å². The summed E-state index contributed by atoms with van der Waals surface area (Å²) < 4.78 is 84.4. The van der Waals surface area contributed by atoms with Crippen LogP contribution in [0.15, 0.2) is 60.7 Å². The van der Waals surface area contributed by atoms with Gasteiger partial charge in [0.1, 0.15) is 0 Å². The van der Waals surface area contributed by atoms with Crippen molar-refractivity contribution >= 4 is 56.3 Å². The van der Waals surface area contributed by atoms with E-state index in [-0.39, 0.29) is 32.7 Å². The van der Waals surface area contributed by atoms with Crippen molar-refractivity contribution < 1.29 is 45.5 Å². The molecule has 2 amide bonds. The largest absolute Gasteiger partial charge is 0.454 e. The number of anilines is 2. The first-order chi connectivity index (χ1) is 21.0. The molecule has 242 valence electrons. The number of rotatable bonds is 5. The summed E-state index contributed by atoms with van der Waals surface area (Å²) in [7, 11) is 0. The Morgan fingerprint density at radius 3 is 1.11 bits per heavy atom. The summed E-state index contributed by atoms with van der Waals surface area (Å²) in [5.74, 6) is -6.27. The predicted molar refractivity (Wildman–Crippen MR) is 164 cm³/mol. The standard InChI is InChI=1S/C34H30F6N2O4/c1-31(2,3)29(45)41-25-21(27(43)33(35,36)37)15-17-11-7-9-13-19(17)23(25)24-20-14-10-8-12-18(20)16-22(28(44)34(38,39)40)26(24)42-30(46)32(4,5)6/h7-16H,1-6H3,(H,41,45)(H,42,46). The molecular formula is C34H30F6N2O4. The minimum Gasteiger partial charge on any atom is -0.324 e. The normalized spacial score (nSPS) is 12.7. The summed E-state index contributed by atoms with van der Waals surface area (Å²) in [5.41, 5.74) is -6.25. The van der Waals surface area contributed by atoms with Crippen LogP contribution in [-0.4, -0.2) is 35.7 Å². The smallest absolute Gasteiger partial charge is 0.324 e. The highest BCUT2D eigenvalue weighted by atomic mass is 19.4. The maximum atomic E-state index is 14.1. The van der Waals surface area contributed by atoms with Gasteiger partial charge in [-0.1, -0.05) is 90.1 Å². The molecule has 6 nitrogen and oxygen atoms in total. The Bertz CT molecular complexity index is 1770. The van der Waals surface area contributed by atoms with Gasteiger partial charge in [-0.2, -0.15) is 26.3 Å². The molecule has 0 aliphatic carbocycles. The molecule has 0 heterocycles. The van der Waals surface area contributed by atoms with E-state index in [0.717, 1.165) is 12.1 Å². The summed E-state index contributed by atoms with van der Waals surface area (Å²) in [4.78, 5) is 52.7. The van der Waals surface area contributed by atoms with Crippen molar-refractivity contribution in [1.82, 2.24) is 0 Å². The molecule has 4 aromatic rings. The Balaban J connectivity index is 2.36. The van der Waals surface area contributed by atoms with E-state index in [1.807, 2.05) is 0 Å². The first kappa shape index (κ1) is 34.1. The molecule has 0 saturated heterocycles. The Hall–Kier alpha value is -4.74. The van der Waals surface area contributed by atoms with Crippen molar-refractivity contribution in [2.45, 2.75) is 53.9 Å². The van der Waals surface area contributed by atoms with Crippen molar-refractivity contribution in [2.75, 3.05) is 10.6 Å². The minimum absolute atomic E-state index is 0.0728. The minimum atomic E-state index is -5.42. The third kappa shape index (κ3) is 6.61. The number of fused-ring (bicyclic) bond motifs is 2. The number of hydrogen-bond acceptors (Lipinski definition) is 4. The number of carbonyl (C=O) groups is 4. The Morgan fingerprint density at radius 2 is 0.826 bits per heavy atom. The van der Waals surface area contributed by atoms with E-state index in [1.165, 1.54) is 90.1 Å². The first-order valence-corrected chi connectivity index (χ1v) is 14.0. The van der Waals surface area contributed by atoms with Crippen LogP contribution in [0.1, 0.15) is 62.3 Å². The zero-order chi connectivity index (χ0) is 34.6. The second-order valence-corrected chi connectivity index (χ2v) is 12.9. The maximum Gasteiger partial charge on any atom is 0.454 e. The van der Waals surface area contributed by atoms with Crippen LogP contribution < -0.4 is 10.6 Å². The van der Waals surface area contributed by atoms with Crippen molar-refractivity contribution in [3.05, 3.63) is 71.8 Å². The van der Waals surface area contributed by atoms with Gasteiger partial charge in [-0.15, -0.1) is 0 Å². The van der Waals surface area contributed by atoms with Gasteiger partial charge in [0.25, 0.3) is 11.6 Å². The van der Waals surface area contributed by atoms with Gasteiger partial charge in [-0.05, 0) is 33.7 Å². The highest BCUT2D eigenvalue weighted by Crippen LogP contribution is 2.48. The van der Waals surface area contributed by atoms with Crippen LogP contribution >= 0.6 is 0 Å². The molecule has 12 heteroatoms. The maximum absolute atomic E-state index is 14.1.